The molecule has 0 aliphatic carbocycles. The molecular formula is C15H17N3O5. The number of aromatic amines is 1. The number of H-pyrrole nitrogens is 1. The van der Waals surface area contributed by atoms with E-state index in [0.717, 1.165) is 0 Å². The van der Waals surface area contributed by atoms with Crippen molar-refractivity contribution in [3.8, 4) is 17.0 Å². The van der Waals surface area contributed by atoms with Crippen LogP contribution < -0.4 is 4.74 Å². The van der Waals surface area contributed by atoms with Gasteiger partial charge in [-0.15, -0.1) is 5.10 Å². The van der Waals surface area contributed by atoms with E-state index in [1.807, 2.05) is 0 Å². The van der Waals surface area contributed by atoms with Gasteiger partial charge in [0.05, 0.1) is 13.2 Å². The van der Waals surface area contributed by atoms with E-state index in [9.17, 15) is 9.59 Å². The van der Waals surface area contributed by atoms with Gasteiger partial charge in [0.15, 0.2) is 12.3 Å². The summed E-state index contributed by atoms with van der Waals surface area (Å²) in [4.78, 5) is 23.3. The van der Waals surface area contributed by atoms with Gasteiger partial charge >= 0.3 is 11.9 Å². The number of aromatic nitrogens is 3. The number of hydrogen-bond donors (Lipinski definition) is 1. The molecule has 2 rings (SSSR count). The van der Waals surface area contributed by atoms with Gasteiger partial charge in [-0.3, -0.25) is 0 Å². The standard InChI is InChI=1S/C15H17N3O5/c1-3-21-12(19)9-23-11-8-6-5-7-10(11)13-14(17-18-16-13)15(20)22-4-2/h5-8H,3-4,9H2,1-2H3,(H,16,17,18). The maximum Gasteiger partial charge on any atom is 0.361 e. The predicted molar refractivity (Wildman–Crippen MR) is 79.9 cm³/mol. The van der Waals surface area contributed by atoms with Gasteiger partial charge in [-0.2, -0.15) is 10.3 Å². The number of carbonyl (C=O) groups excluding carboxylic acids is 2. The van der Waals surface area contributed by atoms with Crippen LogP contribution in [0.25, 0.3) is 11.3 Å². The third kappa shape index (κ3) is 4.06. The van der Waals surface area contributed by atoms with Crippen molar-refractivity contribution in [2.24, 2.45) is 0 Å². The summed E-state index contributed by atoms with van der Waals surface area (Å²) in [5, 5.41) is 10.2. The summed E-state index contributed by atoms with van der Waals surface area (Å²) in [6.45, 7) is 3.69. The van der Waals surface area contributed by atoms with E-state index in [2.05, 4.69) is 15.4 Å². The molecule has 0 saturated carbocycles. The molecule has 0 atom stereocenters. The summed E-state index contributed by atoms with van der Waals surface area (Å²) in [7, 11) is 0. The van der Waals surface area contributed by atoms with Crippen molar-refractivity contribution in [1.29, 1.82) is 0 Å². The first kappa shape index (κ1) is 16.5. The second-order valence-electron chi connectivity index (χ2n) is 4.33. The topological polar surface area (TPSA) is 103 Å². The minimum atomic E-state index is -0.587. The predicted octanol–water partition coefficient (Wildman–Crippen LogP) is 1.59. The lowest BCUT2D eigenvalue weighted by Gasteiger charge is -2.10. The van der Waals surface area contributed by atoms with Gasteiger partial charge in [-0.05, 0) is 26.0 Å². The number of hydrogen-bond acceptors (Lipinski definition) is 7. The molecule has 0 spiro atoms. The van der Waals surface area contributed by atoms with Crippen LogP contribution >= 0.6 is 0 Å². The Morgan fingerprint density at radius 1 is 1.09 bits per heavy atom. The van der Waals surface area contributed by atoms with Crippen molar-refractivity contribution in [3.63, 3.8) is 0 Å². The molecule has 0 saturated heterocycles. The Hall–Kier alpha value is -2.90. The van der Waals surface area contributed by atoms with E-state index in [0.29, 0.717) is 17.0 Å². The van der Waals surface area contributed by atoms with Gasteiger partial charge in [-0.1, -0.05) is 12.1 Å². The largest absolute Gasteiger partial charge is 0.481 e. The van der Waals surface area contributed by atoms with Gasteiger partial charge in [0.2, 0.25) is 0 Å². The van der Waals surface area contributed by atoms with Crippen LogP contribution in [0, 0.1) is 0 Å². The van der Waals surface area contributed by atoms with Gasteiger partial charge in [0, 0.05) is 5.56 Å². The van der Waals surface area contributed by atoms with Gasteiger partial charge in [0.25, 0.3) is 0 Å². The Morgan fingerprint density at radius 3 is 2.57 bits per heavy atom. The first-order chi connectivity index (χ1) is 11.2. The second-order valence-corrected chi connectivity index (χ2v) is 4.33. The molecule has 0 amide bonds. The molecular weight excluding hydrogens is 302 g/mol. The van der Waals surface area contributed by atoms with E-state index in [1.54, 1.807) is 38.1 Å². The average molecular weight is 319 g/mol. The zero-order valence-corrected chi connectivity index (χ0v) is 12.9. The highest BCUT2D eigenvalue weighted by molar-refractivity contribution is 5.94. The van der Waals surface area contributed by atoms with E-state index < -0.39 is 11.9 Å². The van der Waals surface area contributed by atoms with E-state index in [4.69, 9.17) is 14.2 Å². The Labute approximate surface area is 132 Å². The van der Waals surface area contributed by atoms with E-state index in [-0.39, 0.29) is 25.5 Å². The normalized spacial score (nSPS) is 10.2. The number of nitrogens with one attached hydrogen (secondary N) is 1. The Morgan fingerprint density at radius 2 is 1.83 bits per heavy atom. The lowest BCUT2D eigenvalue weighted by Crippen LogP contribution is -2.15. The number of rotatable bonds is 7. The molecule has 8 nitrogen and oxygen atoms in total. The van der Waals surface area contributed by atoms with Gasteiger partial charge in [0.1, 0.15) is 11.4 Å². The lowest BCUT2D eigenvalue weighted by atomic mass is 10.1. The Kier molecular flexibility index (Phi) is 5.67. The first-order valence-electron chi connectivity index (χ1n) is 7.13. The highest BCUT2D eigenvalue weighted by Crippen LogP contribution is 2.30. The fourth-order valence-corrected chi connectivity index (χ4v) is 1.89. The van der Waals surface area contributed by atoms with E-state index >= 15 is 0 Å². The van der Waals surface area contributed by atoms with Crippen LogP contribution in [-0.4, -0.2) is 47.2 Å². The molecule has 0 bridgehead atoms. The molecule has 1 heterocycles. The summed E-state index contributed by atoms with van der Waals surface area (Å²) in [6, 6.07) is 6.88. The third-order valence-electron chi connectivity index (χ3n) is 2.81. The number of nitrogens with zero attached hydrogens (tertiary/aromatic N) is 2. The van der Waals surface area contributed by atoms with Crippen LogP contribution in [0.1, 0.15) is 24.3 Å². The molecule has 122 valence electrons. The molecule has 0 fully saturated rings. The van der Waals surface area contributed by atoms with Crippen LogP contribution in [0.3, 0.4) is 0 Å². The Bertz CT molecular complexity index is 683. The van der Waals surface area contributed by atoms with Crippen molar-refractivity contribution >= 4 is 11.9 Å². The molecule has 1 aromatic carbocycles. The van der Waals surface area contributed by atoms with Crippen molar-refractivity contribution in [2.75, 3.05) is 19.8 Å². The minimum Gasteiger partial charge on any atom is -0.481 e. The summed E-state index contributed by atoms with van der Waals surface area (Å²) in [5.41, 5.74) is 0.871. The maximum absolute atomic E-state index is 11.9. The monoisotopic (exact) mass is 319 g/mol. The lowest BCUT2D eigenvalue weighted by molar-refractivity contribution is -0.145. The number of ether oxygens (including phenoxy) is 3. The summed E-state index contributed by atoms with van der Waals surface area (Å²) < 4.78 is 15.2. The molecule has 0 unspecified atom stereocenters. The van der Waals surface area contributed by atoms with Crippen molar-refractivity contribution < 1.29 is 23.8 Å². The average Bonchev–Trinajstić information content (AvgIpc) is 3.03. The highest BCUT2D eigenvalue weighted by atomic mass is 16.6. The maximum atomic E-state index is 11.9. The molecule has 0 aliphatic rings. The van der Waals surface area contributed by atoms with Crippen LogP contribution in [-0.2, 0) is 14.3 Å². The van der Waals surface area contributed by atoms with Crippen LogP contribution in [0.4, 0.5) is 0 Å². The van der Waals surface area contributed by atoms with E-state index in [1.165, 1.54) is 0 Å². The van der Waals surface area contributed by atoms with Crippen LogP contribution in [0.5, 0.6) is 5.75 Å². The molecule has 0 radical (unpaired) electrons. The smallest absolute Gasteiger partial charge is 0.361 e. The summed E-state index contributed by atoms with van der Waals surface area (Å²) in [6.07, 6.45) is 0. The summed E-state index contributed by atoms with van der Waals surface area (Å²) in [5.74, 6) is -0.676. The van der Waals surface area contributed by atoms with Crippen molar-refractivity contribution in [2.45, 2.75) is 13.8 Å². The van der Waals surface area contributed by atoms with Crippen LogP contribution in [0.15, 0.2) is 24.3 Å². The molecule has 23 heavy (non-hydrogen) atoms. The zero-order chi connectivity index (χ0) is 16.7. The van der Waals surface area contributed by atoms with Crippen molar-refractivity contribution in [3.05, 3.63) is 30.0 Å². The van der Waals surface area contributed by atoms with Crippen LogP contribution in [0.2, 0.25) is 0 Å². The van der Waals surface area contributed by atoms with Gasteiger partial charge < -0.3 is 14.2 Å². The number of carbonyl (C=O) groups is 2. The summed E-state index contributed by atoms with van der Waals surface area (Å²) >= 11 is 0. The molecule has 8 heteroatoms. The second kappa shape index (κ2) is 7.92. The third-order valence-corrected chi connectivity index (χ3v) is 2.81. The SMILES string of the molecule is CCOC(=O)COc1ccccc1-c1n[nH]nc1C(=O)OCC. The number of benzene rings is 1. The molecule has 1 N–H and O–H groups in total. The molecule has 2 aromatic rings. The molecule has 1 aromatic heterocycles. The Balaban J connectivity index is 2.25. The number of esters is 2. The highest BCUT2D eigenvalue weighted by Gasteiger charge is 2.21. The molecule has 0 aliphatic heterocycles. The van der Waals surface area contributed by atoms with Gasteiger partial charge in [-0.25, -0.2) is 9.59 Å². The quantitative estimate of drug-likeness (QED) is 0.773. The number of para-hydroxylation sites is 1. The van der Waals surface area contributed by atoms with Crippen molar-refractivity contribution in [1.82, 2.24) is 15.4 Å². The first-order valence-corrected chi connectivity index (χ1v) is 7.13. The fourth-order valence-electron chi connectivity index (χ4n) is 1.89. The zero-order valence-electron chi connectivity index (χ0n) is 12.9. The fraction of sp³-hybridized carbons (Fsp3) is 0.333. The minimum absolute atomic E-state index is 0.0547.